The molecule has 7 nitrogen and oxygen atoms in total. The number of nitrogens with zero attached hydrogens (tertiary/aromatic N) is 5. The maximum Gasteiger partial charge on any atom is 0.246 e. The molecule has 2 aromatic heterocycles. The van der Waals surface area contributed by atoms with Crippen molar-refractivity contribution in [3.8, 4) is 0 Å². The van der Waals surface area contributed by atoms with E-state index in [1.54, 1.807) is 49.7 Å². The molecule has 0 atom stereocenters. The molecule has 0 aliphatic heterocycles. The summed E-state index contributed by atoms with van der Waals surface area (Å²) in [5.74, 6) is 0. The van der Waals surface area contributed by atoms with Gasteiger partial charge < -0.3 is 0 Å². The van der Waals surface area contributed by atoms with Gasteiger partial charge >= 0.3 is 0 Å². The van der Waals surface area contributed by atoms with Crippen molar-refractivity contribution in [3.63, 3.8) is 0 Å². The summed E-state index contributed by atoms with van der Waals surface area (Å²) in [5, 5.41) is 8.00. The van der Waals surface area contributed by atoms with Crippen molar-refractivity contribution in [3.05, 3.63) is 29.8 Å². The highest BCUT2D eigenvalue weighted by Crippen LogP contribution is 2.19. The molecule has 0 unspecified atom stereocenters. The van der Waals surface area contributed by atoms with Crippen LogP contribution in [0.3, 0.4) is 0 Å². The number of hydrogen-bond donors (Lipinski definition) is 0. The molecule has 2 heterocycles. The fraction of sp³-hybridized carbons (Fsp3) is 0.455. The third kappa shape index (κ3) is 2.41. The Balaban J connectivity index is 2.30. The molecule has 0 fully saturated rings. The first kappa shape index (κ1) is 13.8. The Labute approximate surface area is 112 Å². The van der Waals surface area contributed by atoms with Gasteiger partial charge in [-0.3, -0.25) is 9.36 Å². The van der Waals surface area contributed by atoms with Crippen molar-refractivity contribution in [1.29, 1.82) is 0 Å². The number of hydrogen-bond acceptors (Lipinski definition) is 4. The molecule has 0 amide bonds. The first-order chi connectivity index (χ1) is 8.84. The smallest absolute Gasteiger partial charge is 0.246 e. The lowest BCUT2D eigenvalue weighted by Crippen LogP contribution is -2.27. The molecule has 2 aromatic rings. The molecule has 0 aliphatic carbocycles. The molecule has 0 aliphatic rings. The minimum absolute atomic E-state index is 0.236. The van der Waals surface area contributed by atoms with E-state index in [0.717, 1.165) is 5.69 Å². The van der Waals surface area contributed by atoms with Crippen molar-refractivity contribution >= 4 is 10.0 Å². The molecule has 0 saturated heterocycles. The van der Waals surface area contributed by atoms with E-state index in [4.69, 9.17) is 0 Å². The molecule has 0 saturated carbocycles. The third-order valence-corrected chi connectivity index (χ3v) is 5.09. The van der Waals surface area contributed by atoms with Gasteiger partial charge in [-0.1, -0.05) is 0 Å². The summed E-state index contributed by atoms with van der Waals surface area (Å²) in [6.45, 7) is 2.00. The van der Waals surface area contributed by atoms with Crippen LogP contribution in [0.5, 0.6) is 0 Å². The van der Waals surface area contributed by atoms with Crippen molar-refractivity contribution < 1.29 is 8.42 Å². The summed E-state index contributed by atoms with van der Waals surface area (Å²) in [7, 11) is 1.52. The number of aryl methyl sites for hydroxylation is 2. The van der Waals surface area contributed by atoms with Gasteiger partial charge in [-0.05, 0) is 13.0 Å². The van der Waals surface area contributed by atoms with Crippen LogP contribution in [0, 0.1) is 6.92 Å². The van der Waals surface area contributed by atoms with E-state index in [0.29, 0.717) is 5.69 Å². The zero-order valence-corrected chi connectivity index (χ0v) is 12.2. The minimum atomic E-state index is -3.53. The monoisotopic (exact) mass is 283 g/mol. The lowest BCUT2D eigenvalue weighted by molar-refractivity contribution is 0.452. The molecule has 0 radical (unpaired) electrons. The highest BCUT2D eigenvalue weighted by molar-refractivity contribution is 7.89. The first-order valence-corrected chi connectivity index (χ1v) is 7.20. The largest absolute Gasteiger partial charge is 0.272 e. The fourth-order valence-corrected chi connectivity index (χ4v) is 3.09. The summed E-state index contributed by atoms with van der Waals surface area (Å²) >= 11 is 0. The standard InChI is InChI=1S/C11H17N5O2S/c1-9-11(7-13-15(9)3)19(17,18)14(2)8-10-5-6-12-16(10)4/h5-7H,8H2,1-4H3. The highest BCUT2D eigenvalue weighted by Gasteiger charge is 2.25. The van der Waals surface area contributed by atoms with E-state index < -0.39 is 10.0 Å². The Morgan fingerprint density at radius 3 is 2.42 bits per heavy atom. The maximum absolute atomic E-state index is 12.4. The van der Waals surface area contributed by atoms with Crippen LogP contribution in [0.25, 0.3) is 0 Å². The molecule has 0 aromatic carbocycles. The molecule has 0 spiro atoms. The van der Waals surface area contributed by atoms with Crippen LogP contribution < -0.4 is 0 Å². The average molecular weight is 283 g/mol. The van der Waals surface area contributed by atoms with E-state index in [9.17, 15) is 8.42 Å². The van der Waals surface area contributed by atoms with E-state index in [2.05, 4.69) is 10.2 Å². The maximum atomic E-state index is 12.4. The predicted molar refractivity (Wildman–Crippen MR) is 69.8 cm³/mol. The molecule has 2 rings (SSSR count). The zero-order chi connectivity index (χ0) is 14.2. The van der Waals surface area contributed by atoms with E-state index >= 15 is 0 Å². The van der Waals surface area contributed by atoms with Crippen LogP contribution in [0.2, 0.25) is 0 Å². The molecule has 0 N–H and O–H groups in total. The SMILES string of the molecule is Cc1c(S(=O)(=O)N(C)Cc2ccnn2C)cnn1C. The van der Waals surface area contributed by atoms with Gasteiger partial charge in [-0.15, -0.1) is 0 Å². The van der Waals surface area contributed by atoms with Crippen molar-refractivity contribution in [1.82, 2.24) is 23.9 Å². The summed E-state index contributed by atoms with van der Waals surface area (Å²) in [4.78, 5) is 0.236. The van der Waals surface area contributed by atoms with Gasteiger partial charge in [0.05, 0.1) is 24.1 Å². The van der Waals surface area contributed by atoms with Crippen molar-refractivity contribution in [2.24, 2.45) is 14.1 Å². The van der Waals surface area contributed by atoms with Gasteiger partial charge in [0, 0.05) is 27.3 Å². The van der Waals surface area contributed by atoms with Gasteiger partial charge in [0.2, 0.25) is 10.0 Å². The molecule has 0 bridgehead atoms. The van der Waals surface area contributed by atoms with Crippen molar-refractivity contribution in [2.45, 2.75) is 18.4 Å². The Morgan fingerprint density at radius 1 is 1.26 bits per heavy atom. The van der Waals surface area contributed by atoms with Crippen LogP contribution in [-0.4, -0.2) is 39.3 Å². The van der Waals surface area contributed by atoms with Gasteiger partial charge in [-0.25, -0.2) is 8.42 Å². The van der Waals surface area contributed by atoms with E-state index in [1.807, 2.05) is 0 Å². The molecule has 19 heavy (non-hydrogen) atoms. The number of sulfonamides is 1. The van der Waals surface area contributed by atoms with Crippen LogP contribution in [0.4, 0.5) is 0 Å². The second kappa shape index (κ2) is 4.78. The van der Waals surface area contributed by atoms with Gasteiger partial charge in [0.1, 0.15) is 4.90 Å². The van der Waals surface area contributed by atoms with Crippen LogP contribution >= 0.6 is 0 Å². The molecular weight excluding hydrogens is 266 g/mol. The third-order valence-electron chi connectivity index (χ3n) is 3.19. The molecule has 8 heteroatoms. The minimum Gasteiger partial charge on any atom is -0.272 e. The van der Waals surface area contributed by atoms with Crippen LogP contribution in [0.1, 0.15) is 11.4 Å². The van der Waals surface area contributed by atoms with Crippen LogP contribution in [0.15, 0.2) is 23.4 Å². The highest BCUT2D eigenvalue weighted by atomic mass is 32.2. The van der Waals surface area contributed by atoms with Gasteiger partial charge in [-0.2, -0.15) is 14.5 Å². The van der Waals surface area contributed by atoms with Crippen LogP contribution in [-0.2, 0) is 30.7 Å². The number of aromatic nitrogens is 4. The summed E-state index contributed by atoms with van der Waals surface area (Å²) in [5.41, 5.74) is 1.45. The molecular formula is C11H17N5O2S. The Kier molecular flexibility index (Phi) is 3.46. The lowest BCUT2D eigenvalue weighted by atomic mass is 10.4. The lowest BCUT2D eigenvalue weighted by Gasteiger charge is -2.16. The first-order valence-electron chi connectivity index (χ1n) is 5.76. The van der Waals surface area contributed by atoms with E-state index in [-0.39, 0.29) is 11.4 Å². The topological polar surface area (TPSA) is 73.0 Å². The van der Waals surface area contributed by atoms with Gasteiger partial charge in [0.15, 0.2) is 0 Å². The fourth-order valence-electron chi connectivity index (χ4n) is 1.77. The summed E-state index contributed by atoms with van der Waals surface area (Å²) < 4.78 is 29.4. The Bertz CT molecular complexity index is 686. The van der Waals surface area contributed by atoms with Crippen molar-refractivity contribution in [2.75, 3.05) is 7.05 Å². The molecule has 104 valence electrons. The quantitative estimate of drug-likeness (QED) is 0.808. The van der Waals surface area contributed by atoms with Gasteiger partial charge in [0.25, 0.3) is 0 Å². The predicted octanol–water partition coefficient (Wildman–Crippen LogP) is 0.283. The Morgan fingerprint density at radius 2 is 1.95 bits per heavy atom. The zero-order valence-electron chi connectivity index (χ0n) is 11.4. The van der Waals surface area contributed by atoms with E-state index in [1.165, 1.54) is 10.5 Å². The summed E-state index contributed by atoms with van der Waals surface area (Å²) in [6, 6.07) is 1.79. The normalized spacial score (nSPS) is 12.3. The average Bonchev–Trinajstić information content (AvgIpc) is 2.88. The second-order valence-electron chi connectivity index (χ2n) is 4.43. The Hall–Kier alpha value is -1.67. The number of rotatable bonds is 4. The second-order valence-corrected chi connectivity index (χ2v) is 6.44. The summed E-state index contributed by atoms with van der Waals surface area (Å²) in [6.07, 6.45) is 3.02.